The van der Waals surface area contributed by atoms with Gasteiger partial charge in [0.25, 0.3) is 0 Å². The average Bonchev–Trinajstić information content (AvgIpc) is 2.41. The van der Waals surface area contributed by atoms with E-state index in [4.69, 9.17) is 5.11 Å². The number of hydrogen-bond donors (Lipinski definition) is 2. The topological polar surface area (TPSA) is 77.8 Å². The van der Waals surface area contributed by atoms with Crippen LogP contribution in [-0.4, -0.2) is 33.8 Å². The van der Waals surface area contributed by atoms with Crippen LogP contribution in [0.4, 0.5) is 0 Å². The fraction of sp³-hybridized carbons (Fsp3) is 0.867. The third kappa shape index (κ3) is 9.78. The quantitative estimate of drug-likeness (QED) is 0.327. The van der Waals surface area contributed by atoms with Gasteiger partial charge < -0.3 is 5.11 Å². The molecule has 0 aliphatic carbocycles. The lowest BCUT2D eigenvalue weighted by atomic mass is 10.0. The Kier molecular flexibility index (Phi) is 11.1. The van der Waals surface area contributed by atoms with Crippen molar-refractivity contribution in [1.82, 2.24) is 5.06 Å². The number of carboxylic acids is 1. The van der Waals surface area contributed by atoms with Gasteiger partial charge in [-0.2, -0.15) is 0 Å². The lowest BCUT2D eigenvalue weighted by Gasteiger charge is -2.19. The number of carbonyl (C=O) groups is 2. The highest BCUT2D eigenvalue weighted by atomic mass is 16.5. The maximum absolute atomic E-state index is 11.8. The number of carboxylic acid groups (broad SMARTS) is 1. The molecule has 1 amide bonds. The maximum Gasteiger partial charge on any atom is 0.303 e. The van der Waals surface area contributed by atoms with Crippen LogP contribution in [0, 0.1) is 5.92 Å². The van der Waals surface area contributed by atoms with Crippen LogP contribution in [0.2, 0.25) is 0 Å². The fourth-order valence-electron chi connectivity index (χ4n) is 2.10. The molecule has 20 heavy (non-hydrogen) atoms. The first-order valence-electron chi connectivity index (χ1n) is 7.71. The van der Waals surface area contributed by atoms with Crippen molar-refractivity contribution in [3.05, 3.63) is 0 Å². The Hall–Kier alpha value is -1.10. The van der Waals surface area contributed by atoms with Gasteiger partial charge in [0.05, 0.1) is 0 Å². The van der Waals surface area contributed by atoms with Crippen LogP contribution in [0.1, 0.15) is 71.6 Å². The third-order valence-corrected chi connectivity index (χ3v) is 3.43. The van der Waals surface area contributed by atoms with Gasteiger partial charge in [-0.25, -0.2) is 5.06 Å². The second kappa shape index (κ2) is 11.7. The van der Waals surface area contributed by atoms with E-state index in [1.807, 2.05) is 6.92 Å². The number of amides is 1. The molecule has 0 aliphatic heterocycles. The largest absolute Gasteiger partial charge is 0.481 e. The molecule has 0 heterocycles. The standard InChI is InChI=1S/C15H29NO4/c1-3-4-5-6-7-8-10-13(2)15(19)16(20)12-9-11-14(17)18/h13,20H,3-12H2,1-2H3,(H,17,18). The third-order valence-electron chi connectivity index (χ3n) is 3.43. The molecule has 1 unspecified atom stereocenters. The normalized spacial score (nSPS) is 12.2. The molecule has 5 heteroatoms. The molecular weight excluding hydrogens is 258 g/mol. The summed E-state index contributed by atoms with van der Waals surface area (Å²) in [6.07, 6.45) is 8.10. The van der Waals surface area contributed by atoms with E-state index in [-0.39, 0.29) is 31.2 Å². The fourth-order valence-corrected chi connectivity index (χ4v) is 2.10. The Morgan fingerprint density at radius 1 is 1.05 bits per heavy atom. The van der Waals surface area contributed by atoms with E-state index in [1.165, 1.54) is 25.7 Å². The van der Waals surface area contributed by atoms with E-state index in [0.29, 0.717) is 5.06 Å². The smallest absolute Gasteiger partial charge is 0.303 e. The van der Waals surface area contributed by atoms with Gasteiger partial charge >= 0.3 is 5.97 Å². The van der Waals surface area contributed by atoms with Crippen molar-refractivity contribution in [3.8, 4) is 0 Å². The Balaban J connectivity index is 3.70. The summed E-state index contributed by atoms with van der Waals surface area (Å²) in [4.78, 5) is 22.2. The lowest BCUT2D eigenvalue weighted by Crippen LogP contribution is -2.33. The summed E-state index contributed by atoms with van der Waals surface area (Å²) in [6, 6.07) is 0. The van der Waals surface area contributed by atoms with Crippen LogP contribution in [-0.2, 0) is 9.59 Å². The Bertz CT molecular complexity index is 281. The van der Waals surface area contributed by atoms with Gasteiger partial charge in [0, 0.05) is 18.9 Å². The molecule has 0 spiro atoms. The van der Waals surface area contributed by atoms with E-state index < -0.39 is 5.97 Å². The molecule has 1 atom stereocenters. The van der Waals surface area contributed by atoms with Gasteiger partial charge in [0.2, 0.25) is 5.91 Å². The molecule has 0 aromatic carbocycles. The van der Waals surface area contributed by atoms with Crippen LogP contribution in [0.3, 0.4) is 0 Å². The van der Waals surface area contributed by atoms with Crippen molar-refractivity contribution in [2.45, 2.75) is 71.6 Å². The SMILES string of the molecule is CCCCCCCCC(C)C(=O)N(O)CCCC(=O)O. The second-order valence-electron chi connectivity index (χ2n) is 5.42. The Morgan fingerprint density at radius 3 is 2.25 bits per heavy atom. The average molecular weight is 287 g/mol. The van der Waals surface area contributed by atoms with Crippen LogP contribution in [0.15, 0.2) is 0 Å². The minimum atomic E-state index is -0.911. The van der Waals surface area contributed by atoms with Gasteiger partial charge in [-0.05, 0) is 12.8 Å². The van der Waals surface area contributed by atoms with Crippen molar-refractivity contribution in [1.29, 1.82) is 0 Å². The summed E-state index contributed by atoms with van der Waals surface area (Å²) in [5, 5.41) is 18.7. The lowest BCUT2D eigenvalue weighted by molar-refractivity contribution is -0.170. The van der Waals surface area contributed by atoms with Gasteiger partial charge in [-0.1, -0.05) is 52.4 Å². The molecule has 118 valence electrons. The predicted octanol–water partition coefficient (Wildman–Crippen LogP) is 3.46. The van der Waals surface area contributed by atoms with Crippen molar-refractivity contribution in [2.24, 2.45) is 5.92 Å². The number of hydrogen-bond acceptors (Lipinski definition) is 3. The zero-order valence-electron chi connectivity index (χ0n) is 12.8. The number of unbranched alkanes of at least 4 members (excludes halogenated alkanes) is 5. The molecule has 0 aromatic rings. The van der Waals surface area contributed by atoms with E-state index >= 15 is 0 Å². The highest BCUT2D eigenvalue weighted by Crippen LogP contribution is 2.14. The van der Waals surface area contributed by atoms with E-state index in [2.05, 4.69) is 6.92 Å². The first-order valence-corrected chi connectivity index (χ1v) is 7.71. The van der Waals surface area contributed by atoms with E-state index in [0.717, 1.165) is 19.3 Å². The van der Waals surface area contributed by atoms with Crippen LogP contribution in [0.25, 0.3) is 0 Å². The highest BCUT2D eigenvalue weighted by Gasteiger charge is 2.18. The Labute approximate surface area is 121 Å². The van der Waals surface area contributed by atoms with Gasteiger partial charge in [0.15, 0.2) is 0 Å². The van der Waals surface area contributed by atoms with Crippen molar-refractivity contribution < 1.29 is 19.9 Å². The molecule has 0 fully saturated rings. The molecule has 5 nitrogen and oxygen atoms in total. The molecule has 0 rings (SSSR count). The summed E-state index contributed by atoms with van der Waals surface area (Å²) in [7, 11) is 0. The van der Waals surface area contributed by atoms with E-state index in [9.17, 15) is 14.8 Å². The molecule has 0 aliphatic rings. The van der Waals surface area contributed by atoms with Gasteiger partial charge in [-0.3, -0.25) is 14.8 Å². The molecule has 0 aromatic heterocycles. The first-order chi connectivity index (χ1) is 9.49. The minimum Gasteiger partial charge on any atom is -0.481 e. The summed E-state index contributed by atoms with van der Waals surface area (Å²) < 4.78 is 0. The molecule has 2 N–H and O–H groups in total. The number of nitrogens with zero attached hydrogens (tertiary/aromatic N) is 1. The Morgan fingerprint density at radius 2 is 1.65 bits per heavy atom. The van der Waals surface area contributed by atoms with Crippen molar-refractivity contribution >= 4 is 11.9 Å². The first kappa shape index (κ1) is 18.9. The predicted molar refractivity (Wildman–Crippen MR) is 77.5 cm³/mol. The van der Waals surface area contributed by atoms with E-state index in [1.54, 1.807) is 0 Å². The van der Waals surface area contributed by atoms with Gasteiger partial charge in [-0.15, -0.1) is 0 Å². The maximum atomic E-state index is 11.8. The van der Waals surface area contributed by atoms with Crippen molar-refractivity contribution in [2.75, 3.05) is 6.54 Å². The van der Waals surface area contributed by atoms with Crippen molar-refractivity contribution in [3.63, 3.8) is 0 Å². The molecule has 0 saturated carbocycles. The van der Waals surface area contributed by atoms with Gasteiger partial charge in [0.1, 0.15) is 0 Å². The number of aliphatic carboxylic acids is 1. The zero-order valence-corrected chi connectivity index (χ0v) is 12.8. The number of carbonyl (C=O) groups excluding carboxylic acids is 1. The summed E-state index contributed by atoms with van der Waals surface area (Å²) in [6.45, 7) is 4.09. The monoisotopic (exact) mass is 287 g/mol. The number of hydroxylamine groups is 2. The molecular formula is C15H29NO4. The zero-order chi connectivity index (χ0) is 15.4. The highest BCUT2D eigenvalue weighted by molar-refractivity contribution is 5.77. The molecule has 0 bridgehead atoms. The van der Waals surface area contributed by atoms with Crippen LogP contribution in [0.5, 0.6) is 0 Å². The number of rotatable bonds is 12. The summed E-state index contributed by atoms with van der Waals surface area (Å²) in [5.74, 6) is -1.41. The molecule has 0 radical (unpaired) electrons. The molecule has 0 saturated heterocycles. The summed E-state index contributed by atoms with van der Waals surface area (Å²) in [5.41, 5.74) is 0. The second-order valence-corrected chi connectivity index (χ2v) is 5.42. The summed E-state index contributed by atoms with van der Waals surface area (Å²) >= 11 is 0. The van der Waals surface area contributed by atoms with Crippen LogP contribution < -0.4 is 0 Å². The van der Waals surface area contributed by atoms with Crippen LogP contribution >= 0.6 is 0 Å². The minimum absolute atomic E-state index is 0.0316.